The van der Waals surface area contributed by atoms with Crippen molar-refractivity contribution >= 4 is 5.91 Å². The Kier molecular flexibility index (Phi) is 4.72. The first-order valence-electron chi connectivity index (χ1n) is 7.01. The summed E-state index contributed by atoms with van der Waals surface area (Å²) >= 11 is 0. The second-order valence-electron chi connectivity index (χ2n) is 4.68. The van der Waals surface area contributed by atoms with E-state index < -0.39 is 0 Å². The van der Waals surface area contributed by atoms with E-state index >= 15 is 0 Å². The van der Waals surface area contributed by atoms with Gasteiger partial charge in [0.25, 0.3) is 5.91 Å². The van der Waals surface area contributed by atoms with Crippen LogP contribution in [0.4, 0.5) is 0 Å². The fraction of sp³-hybridized carbons (Fsp3) is 0.312. The Bertz CT molecular complexity index is 665. The summed E-state index contributed by atoms with van der Waals surface area (Å²) in [5.74, 6) is -0.131. The van der Waals surface area contributed by atoms with Crippen molar-refractivity contribution in [2.75, 3.05) is 0 Å². The predicted molar refractivity (Wildman–Crippen MR) is 79.6 cm³/mol. The molecule has 0 saturated heterocycles. The Hall–Kier alpha value is -2.61. The average molecular weight is 282 g/mol. The summed E-state index contributed by atoms with van der Waals surface area (Å²) in [5, 5.41) is 16.0. The number of benzene rings is 1. The highest BCUT2D eigenvalue weighted by Gasteiger charge is 2.13. The second-order valence-corrected chi connectivity index (χ2v) is 4.68. The Morgan fingerprint density at radius 1 is 1.33 bits per heavy atom. The molecule has 1 heterocycles. The molecule has 1 aromatic carbocycles. The van der Waals surface area contributed by atoms with Gasteiger partial charge in [-0.15, -0.1) is 0 Å². The van der Waals surface area contributed by atoms with Crippen LogP contribution in [0.3, 0.4) is 0 Å². The van der Waals surface area contributed by atoms with Crippen LogP contribution in [0.15, 0.2) is 30.3 Å². The number of rotatable bonds is 5. The molecule has 0 aliphatic carbocycles. The van der Waals surface area contributed by atoms with Crippen molar-refractivity contribution in [1.82, 2.24) is 15.1 Å². The van der Waals surface area contributed by atoms with Crippen LogP contribution in [0.1, 0.15) is 41.2 Å². The molecule has 0 unspecified atom stereocenters. The number of nitrogens with one attached hydrogen (secondary N) is 1. The Morgan fingerprint density at radius 2 is 2.05 bits per heavy atom. The highest BCUT2D eigenvalue weighted by Crippen LogP contribution is 2.07. The molecule has 0 aliphatic rings. The molecule has 0 fully saturated rings. The van der Waals surface area contributed by atoms with Crippen molar-refractivity contribution in [1.29, 1.82) is 5.26 Å². The minimum absolute atomic E-state index is 0.131. The van der Waals surface area contributed by atoms with Gasteiger partial charge in [-0.3, -0.25) is 9.48 Å². The van der Waals surface area contributed by atoms with Crippen LogP contribution in [0.25, 0.3) is 0 Å². The lowest BCUT2D eigenvalue weighted by atomic mass is 10.1. The smallest absolute Gasteiger partial charge is 0.269 e. The van der Waals surface area contributed by atoms with Gasteiger partial charge in [-0.2, -0.15) is 10.4 Å². The van der Waals surface area contributed by atoms with Gasteiger partial charge in [-0.05, 0) is 37.1 Å². The summed E-state index contributed by atoms with van der Waals surface area (Å²) in [6.07, 6.45) is 0.808. The molecule has 1 amide bonds. The molecule has 0 aliphatic heterocycles. The first-order valence-corrected chi connectivity index (χ1v) is 7.01. The highest BCUT2D eigenvalue weighted by atomic mass is 16.2. The van der Waals surface area contributed by atoms with E-state index in [-0.39, 0.29) is 5.91 Å². The molecule has 1 aromatic heterocycles. The fourth-order valence-corrected chi connectivity index (χ4v) is 2.04. The lowest BCUT2D eigenvalue weighted by Gasteiger charge is -2.06. The lowest BCUT2D eigenvalue weighted by Crippen LogP contribution is -2.25. The van der Waals surface area contributed by atoms with Gasteiger partial charge in [0.1, 0.15) is 5.69 Å². The van der Waals surface area contributed by atoms with Gasteiger partial charge in [-0.1, -0.05) is 19.1 Å². The van der Waals surface area contributed by atoms with Crippen molar-refractivity contribution in [2.45, 2.75) is 33.4 Å². The Balaban J connectivity index is 2.04. The molecule has 0 atom stereocenters. The molecule has 5 nitrogen and oxygen atoms in total. The summed E-state index contributed by atoms with van der Waals surface area (Å²) in [4.78, 5) is 12.2. The van der Waals surface area contributed by atoms with Crippen molar-refractivity contribution < 1.29 is 4.79 Å². The van der Waals surface area contributed by atoms with Crippen LogP contribution in [-0.4, -0.2) is 15.7 Å². The van der Waals surface area contributed by atoms with E-state index in [2.05, 4.69) is 16.5 Å². The molecule has 0 bridgehead atoms. The van der Waals surface area contributed by atoms with Gasteiger partial charge in [0.2, 0.25) is 0 Å². The highest BCUT2D eigenvalue weighted by molar-refractivity contribution is 5.92. The number of carbonyl (C=O) groups is 1. The van der Waals surface area contributed by atoms with Crippen LogP contribution in [0.2, 0.25) is 0 Å². The zero-order chi connectivity index (χ0) is 15.2. The molecule has 1 N–H and O–H groups in total. The molecule has 0 radical (unpaired) electrons. The van der Waals surface area contributed by atoms with Gasteiger partial charge in [0, 0.05) is 13.1 Å². The summed E-state index contributed by atoms with van der Waals surface area (Å²) in [7, 11) is 0. The van der Waals surface area contributed by atoms with E-state index in [9.17, 15) is 4.79 Å². The van der Waals surface area contributed by atoms with Gasteiger partial charge in [0.15, 0.2) is 0 Å². The molecule has 5 heteroatoms. The van der Waals surface area contributed by atoms with Crippen LogP contribution in [0, 0.1) is 11.3 Å². The van der Waals surface area contributed by atoms with E-state index in [0.29, 0.717) is 24.3 Å². The molecule has 108 valence electrons. The molecule has 2 aromatic rings. The largest absolute Gasteiger partial charge is 0.347 e. The van der Waals surface area contributed by atoms with Crippen molar-refractivity contribution in [3.63, 3.8) is 0 Å². The molecular weight excluding hydrogens is 264 g/mol. The fourth-order valence-electron chi connectivity index (χ4n) is 2.04. The average Bonchev–Trinajstić information content (AvgIpc) is 2.96. The lowest BCUT2D eigenvalue weighted by molar-refractivity contribution is 0.0940. The van der Waals surface area contributed by atoms with Gasteiger partial charge in [-0.25, -0.2) is 0 Å². The number of hydrogen-bond donors (Lipinski definition) is 1. The van der Waals surface area contributed by atoms with Crippen molar-refractivity contribution in [3.05, 3.63) is 52.8 Å². The minimum atomic E-state index is -0.131. The van der Waals surface area contributed by atoms with Crippen LogP contribution in [0.5, 0.6) is 0 Å². The van der Waals surface area contributed by atoms with E-state index in [0.717, 1.165) is 17.7 Å². The first kappa shape index (κ1) is 14.8. The molecule has 21 heavy (non-hydrogen) atoms. The number of carbonyl (C=O) groups excluding carboxylic acids is 1. The van der Waals surface area contributed by atoms with Crippen molar-refractivity contribution in [3.8, 4) is 6.07 Å². The Labute approximate surface area is 124 Å². The zero-order valence-electron chi connectivity index (χ0n) is 12.3. The maximum Gasteiger partial charge on any atom is 0.269 e. The number of aromatic nitrogens is 2. The number of aryl methyl sites for hydroxylation is 2. The normalized spacial score (nSPS) is 10.1. The number of nitriles is 1. The van der Waals surface area contributed by atoms with E-state index in [1.807, 2.05) is 32.0 Å². The summed E-state index contributed by atoms with van der Waals surface area (Å²) in [6, 6.07) is 11.1. The third-order valence-corrected chi connectivity index (χ3v) is 3.26. The topological polar surface area (TPSA) is 70.7 Å². The summed E-state index contributed by atoms with van der Waals surface area (Å²) < 4.78 is 1.72. The second kappa shape index (κ2) is 6.71. The molecule has 0 spiro atoms. The quantitative estimate of drug-likeness (QED) is 0.914. The van der Waals surface area contributed by atoms with Crippen LogP contribution >= 0.6 is 0 Å². The predicted octanol–water partition coefficient (Wildman–Crippen LogP) is 2.27. The maximum absolute atomic E-state index is 12.2. The Morgan fingerprint density at radius 3 is 2.62 bits per heavy atom. The minimum Gasteiger partial charge on any atom is -0.347 e. The number of nitrogens with zero attached hydrogens (tertiary/aromatic N) is 3. The van der Waals surface area contributed by atoms with Gasteiger partial charge >= 0.3 is 0 Å². The third kappa shape index (κ3) is 3.48. The molecule has 0 saturated carbocycles. The van der Waals surface area contributed by atoms with Gasteiger partial charge < -0.3 is 5.32 Å². The van der Waals surface area contributed by atoms with E-state index in [1.54, 1.807) is 16.8 Å². The van der Waals surface area contributed by atoms with Gasteiger partial charge in [0.05, 0.1) is 17.3 Å². The monoisotopic (exact) mass is 282 g/mol. The summed E-state index contributed by atoms with van der Waals surface area (Å²) in [5.41, 5.74) is 3.07. The number of amides is 1. The SMILES string of the molecule is CCc1cc(C(=O)NCc2ccc(C#N)cc2)n(CC)n1. The molecular formula is C16H18N4O. The van der Waals surface area contributed by atoms with Crippen LogP contribution < -0.4 is 5.32 Å². The van der Waals surface area contributed by atoms with Crippen LogP contribution in [-0.2, 0) is 19.5 Å². The van der Waals surface area contributed by atoms with E-state index in [1.165, 1.54) is 0 Å². The maximum atomic E-state index is 12.2. The summed E-state index contributed by atoms with van der Waals surface area (Å²) in [6.45, 7) is 5.07. The van der Waals surface area contributed by atoms with Crippen molar-refractivity contribution in [2.24, 2.45) is 0 Å². The van der Waals surface area contributed by atoms with E-state index in [4.69, 9.17) is 5.26 Å². The first-order chi connectivity index (χ1) is 10.2. The molecule has 2 rings (SSSR count). The zero-order valence-corrected chi connectivity index (χ0v) is 12.3. The number of hydrogen-bond acceptors (Lipinski definition) is 3. The third-order valence-electron chi connectivity index (χ3n) is 3.26. The standard InChI is InChI=1S/C16H18N4O/c1-3-14-9-15(20(4-2)19-14)16(21)18-11-13-7-5-12(10-17)6-8-13/h5-9H,3-4,11H2,1-2H3,(H,18,21).